The number of carbonyl (C=O) groups is 1. The summed E-state index contributed by atoms with van der Waals surface area (Å²) in [4.78, 5) is 24.1. The van der Waals surface area contributed by atoms with Crippen LogP contribution >= 0.6 is 11.3 Å². The number of nitrogens with zero attached hydrogens (tertiary/aromatic N) is 1. The fraction of sp³-hybridized carbons (Fsp3) is 0.267. The van der Waals surface area contributed by atoms with Crippen LogP contribution in [-0.4, -0.2) is 17.3 Å². The third-order valence-electron chi connectivity index (χ3n) is 3.00. The number of ether oxygens (including phenoxy) is 1. The highest BCUT2D eigenvalue weighted by molar-refractivity contribution is 7.14. The van der Waals surface area contributed by atoms with Crippen LogP contribution in [0.5, 0.6) is 5.75 Å². The Bertz CT molecular complexity index is 678. The van der Waals surface area contributed by atoms with E-state index in [0.717, 1.165) is 10.4 Å². The number of Topliss-reactive ketones (excluding diaryl/α,β-unsaturated/α-hetero) is 1. The summed E-state index contributed by atoms with van der Waals surface area (Å²) in [6.45, 7) is 3.63. The molecule has 1 aromatic heterocycles. The lowest BCUT2D eigenvalue weighted by molar-refractivity contribution is -0.385. The van der Waals surface area contributed by atoms with Crippen LogP contribution in [0, 0.1) is 17.0 Å². The number of benzene rings is 1. The summed E-state index contributed by atoms with van der Waals surface area (Å²) >= 11 is 1.38. The number of rotatable bonds is 6. The molecule has 1 aromatic carbocycles. The maximum Gasteiger partial charge on any atom is 0.311 e. The van der Waals surface area contributed by atoms with Gasteiger partial charge in [0.05, 0.1) is 9.80 Å². The summed E-state index contributed by atoms with van der Waals surface area (Å²) in [7, 11) is 0. The molecule has 5 nitrogen and oxygen atoms in total. The van der Waals surface area contributed by atoms with Gasteiger partial charge in [0.25, 0.3) is 0 Å². The maximum atomic E-state index is 12.0. The van der Waals surface area contributed by atoms with Gasteiger partial charge in [-0.15, -0.1) is 11.3 Å². The number of hydrogen-bond acceptors (Lipinski definition) is 5. The first-order valence-corrected chi connectivity index (χ1v) is 7.32. The van der Waals surface area contributed by atoms with Gasteiger partial charge >= 0.3 is 5.69 Å². The summed E-state index contributed by atoms with van der Waals surface area (Å²) in [5, 5.41) is 11.1. The number of carbonyl (C=O) groups excluding carboxylic acids is 1. The Hall–Kier alpha value is -2.21. The fourth-order valence-corrected chi connectivity index (χ4v) is 2.64. The van der Waals surface area contributed by atoms with E-state index in [1.807, 2.05) is 19.9 Å². The van der Waals surface area contributed by atoms with Crippen molar-refractivity contribution in [1.29, 1.82) is 0 Å². The first-order valence-electron chi connectivity index (χ1n) is 6.51. The third kappa shape index (κ3) is 3.66. The molecular weight excluding hydrogens is 290 g/mol. The molecular formula is C15H15NO4S. The first kappa shape index (κ1) is 15.2. The average Bonchev–Trinajstić information content (AvgIpc) is 2.91. The number of hydrogen-bond donors (Lipinski definition) is 0. The van der Waals surface area contributed by atoms with Crippen molar-refractivity contribution in [2.45, 2.75) is 20.3 Å². The number of nitro groups is 1. The van der Waals surface area contributed by atoms with Crippen molar-refractivity contribution in [1.82, 2.24) is 0 Å². The molecule has 21 heavy (non-hydrogen) atoms. The largest absolute Gasteiger partial charge is 0.478 e. The molecule has 0 N–H and O–H groups in total. The van der Waals surface area contributed by atoms with E-state index in [1.165, 1.54) is 17.4 Å². The van der Waals surface area contributed by atoms with Crippen molar-refractivity contribution in [3.8, 4) is 5.75 Å². The van der Waals surface area contributed by atoms with E-state index in [0.29, 0.717) is 11.3 Å². The van der Waals surface area contributed by atoms with E-state index < -0.39 is 4.92 Å². The molecule has 0 aliphatic rings. The Morgan fingerprint density at radius 1 is 1.33 bits per heavy atom. The molecule has 0 radical (unpaired) electrons. The molecule has 0 spiro atoms. The highest BCUT2D eigenvalue weighted by Crippen LogP contribution is 2.28. The molecule has 2 aromatic rings. The van der Waals surface area contributed by atoms with Crippen LogP contribution in [0.1, 0.15) is 27.0 Å². The summed E-state index contributed by atoms with van der Waals surface area (Å²) in [6.07, 6.45) is 0.703. The fourth-order valence-electron chi connectivity index (χ4n) is 1.85. The van der Waals surface area contributed by atoms with Crippen LogP contribution in [0.25, 0.3) is 0 Å². The molecule has 1 heterocycles. The second-order valence-electron chi connectivity index (χ2n) is 4.53. The van der Waals surface area contributed by atoms with E-state index in [2.05, 4.69) is 0 Å². The zero-order valence-corrected chi connectivity index (χ0v) is 12.6. The molecule has 0 saturated heterocycles. The molecule has 0 saturated carbocycles. The minimum atomic E-state index is -0.492. The average molecular weight is 305 g/mol. The molecule has 0 bridgehead atoms. The van der Waals surface area contributed by atoms with Crippen molar-refractivity contribution in [3.05, 3.63) is 55.8 Å². The lowest BCUT2D eigenvalue weighted by Gasteiger charge is -2.06. The van der Waals surface area contributed by atoms with Gasteiger partial charge in [-0.25, -0.2) is 0 Å². The van der Waals surface area contributed by atoms with Gasteiger partial charge in [-0.1, -0.05) is 13.0 Å². The van der Waals surface area contributed by atoms with Gasteiger partial charge in [0.1, 0.15) is 0 Å². The summed E-state index contributed by atoms with van der Waals surface area (Å²) in [5.74, 6) is -0.0548. The zero-order valence-electron chi connectivity index (χ0n) is 11.8. The van der Waals surface area contributed by atoms with Crippen LogP contribution in [0.4, 0.5) is 5.69 Å². The van der Waals surface area contributed by atoms with Crippen molar-refractivity contribution in [2.24, 2.45) is 0 Å². The molecule has 0 atom stereocenters. The highest BCUT2D eigenvalue weighted by atomic mass is 32.1. The molecule has 110 valence electrons. The van der Waals surface area contributed by atoms with Crippen LogP contribution in [0.2, 0.25) is 0 Å². The van der Waals surface area contributed by atoms with Gasteiger partial charge in [-0.05, 0) is 37.1 Å². The third-order valence-corrected chi connectivity index (χ3v) is 4.04. The van der Waals surface area contributed by atoms with Crippen molar-refractivity contribution in [2.75, 3.05) is 6.61 Å². The van der Waals surface area contributed by atoms with E-state index in [9.17, 15) is 14.9 Å². The van der Waals surface area contributed by atoms with Crippen LogP contribution in [0.15, 0.2) is 30.3 Å². The molecule has 0 amide bonds. The Kier molecular flexibility index (Phi) is 4.70. The SMILES string of the molecule is CCc1ccc(OCC(=O)c2ccc(C)s2)c([N+](=O)[O-])c1. The molecule has 0 fully saturated rings. The lowest BCUT2D eigenvalue weighted by Crippen LogP contribution is -2.11. The van der Waals surface area contributed by atoms with Gasteiger partial charge in [0.2, 0.25) is 5.78 Å². The van der Waals surface area contributed by atoms with Crippen LogP contribution in [-0.2, 0) is 6.42 Å². The Labute approximate surface area is 126 Å². The van der Waals surface area contributed by atoms with Gasteiger partial charge in [0.15, 0.2) is 12.4 Å². The number of ketones is 1. The predicted octanol–water partition coefficient (Wildman–Crippen LogP) is 3.79. The second-order valence-corrected chi connectivity index (χ2v) is 5.82. The Balaban J connectivity index is 2.12. The highest BCUT2D eigenvalue weighted by Gasteiger charge is 2.17. The Morgan fingerprint density at radius 3 is 2.67 bits per heavy atom. The molecule has 0 aliphatic heterocycles. The lowest BCUT2D eigenvalue weighted by atomic mass is 10.1. The quantitative estimate of drug-likeness (QED) is 0.462. The number of aryl methyl sites for hydroxylation is 2. The number of nitro benzene ring substituents is 1. The Morgan fingerprint density at radius 2 is 2.10 bits per heavy atom. The van der Waals surface area contributed by atoms with E-state index in [-0.39, 0.29) is 23.8 Å². The molecule has 0 unspecified atom stereocenters. The first-order chi connectivity index (χ1) is 10.0. The van der Waals surface area contributed by atoms with Gasteiger partial charge in [0, 0.05) is 10.9 Å². The van der Waals surface area contributed by atoms with Crippen molar-refractivity contribution < 1.29 is 14.5 Å². The van der Waals surface area contributed by atoms with Crippen molar-refractivity contribution in [3.63, 3.8) is 0 Å². The van der Waals surface area contributed by atoms with E-state index in [1.54, 1.807) is 18.2 Å². The second kappa shape index (κ2) is 6.49. The van der Waals surface area contributed by atoms with Gasteiger partial charge in [-0.2, -0.15) is 0 Å². The standard InChI is InChI=1S/C15H15NO4S/c1-3-11-5-6-14(12(8-11)16(18)19)20-9-13(17)15-7-4-10(2)21-15/h4-8H,3,9H2,1-2H3. The van der Waals surface area contributed by atoms with Gasteiger partial charge < -0.3 is 4.74 Å². The summed E-state index contributed by atoms with van der Waals surface area (Å²) in [6, 6.07) is 8.39. The molecule has 6 heteroatoms. The summed E-state index contributed by atoms with van der Waals surface area (Å²) in [5.41, 5.74) is 0.749. The molecule has 2 rings (SSSR count). The monoisotopic (exact) mass is 305 g/mol. The topological polar surface area (TPSA) is 69.4 Å². The maximum absolute atomic E-state index is 12.0. The van der Waals surface area contributed by atoms with Crippen molar-refractivity contribution >= 4 is 22.8 Å². The summed E-state index contributed by atoms with van der Waals surface area (Å²) < 4.78 is 5.34. The minimum Gasteiger partial charge on any atom is -0.478 e. The smallest absolute Gasteiger partial charge is 0.311 e. The van der Waals surface area contributed by atoms with Crippen LogP contribution in [0.3, 0.4) is 0 Å². The minimum absolute atomic E-state index is 0.107. The number of thiophene rings is 1. The van der Waals surface area contributed by atoms with Crippen LogP contribution < -0.4 is 4.74 Å². The van der Waals surface area contributed by atoms with E-state index >= 15 is 0 Å². The zero-order chi connectivity index (χ0) is 15.4. The van der Waals surface area contributed by atoms with E-state index in [4.69, 9.17) is 4.74 Å². The molecule has 0 aliphatic carbocycles. The normalized spacial score (nSPS) is 10.4. The van der Waals surface area contributed by atoms with Gasteiger partial charge in [-0.3, -0.25) is 14.9 Å². The predicted molar refractivity (Wildman–Crippen MR) is 81.4 cm³/mol.